The molecule has 3 aromatic carbocycles. The Hall–Kier alpha value is -3.49. The van der Waals surface area contributed by atoms with E-state index >= 15 is 0 Å². The molecule has 5 aromatic rings. The third-order valence-electron chi connectivity index (χ3n) is 5.00. The molecule has 0 aliphatic heterocycles. The summed E-state index contributed by atoms with van der Waals surface area (Å²) in [5, 5.41) is 0.378. The number of aromatic nitrogens is 4. The maximum Gasteiger partial charge on any atom is 0.233 e. The number of hydrogen-bond donors (Lipinski definition) is 1. The highest BCUT2D eigenvalue weighted by molar-refractivity contribution is 7.90. The van der Waals surface area contributed by atoms with Crippen LogP contribution in [0.25, 0.3) is 28.0 Å². The number of benzene rings is 3. The smallest absolute Gasteiger partial charge is 0.233 e. The Bertz CT molecular complexity index is 1490. The lowest BCUT2D eigenvalue weighted by Crippen LogP contribution is -2.13. The van der Waals surface area contributed by atoms with E-state index in [2.05, 4.69) is 15.0 Å². The zero-order valence-electron chi connectivity index (χ0n) is 16.5. The third-order valence-corrected chi connectivity index (χ3v) is 6.75. The van der Waals surface area contributed by atoms with Gasteiger partial charge in [-0.2, -0.15) is 0 Å². The van der Waals surface area contributed by atoms with Crippen LogP contribution in [-0.4, -0.2) is 27.9 Å². The van der Waals surface area contributed by atoms with Crippen LogP contribution in [0.15, 0.2) is 84.1 Å². The molecule has 0 unspecified atom stereocenters. The van der Waals surface area contributed by atoms with E-state index in [0.717, 1.165) is 5.52 Å². The van der Waals surface area contributed by atoms with Crippen LogP contribution in [0.5, 0.6) is 0 Å². The van der Waals surface area contributed by atoms with Gasteiger partial charge in [-0.05, 0) is 60.7 Å². The highest BCUT2D eigenvalue weighted by Gasteiger charge is 2.26. The molecule has 0 bridgehead atoms. The summed E-state index contributed by atoms with van der Waals surface area (Å²) < 4.78 is 41.8. The van der Waals surface area contributed by atoms with Gasteiger partial charge in [0, 0.05) is 16.3 Å². The summed E-state index contributed by atoms with van der Waals surface area (Å²) >= 11 is 6.03. The number of H-pyrrole nitrogens is 1. The van der Waals surface area contributed by atoms with Gasteiger partial charge in [0.15, 0.2) is 0 Å². The van der Waals surface area contributed by atoms with Crippen LogP contribution in [0.3, 0.4) is 0 Å². The summed E-state index contributed by atoms with van der Waals surface area (Å²) in [6, 6.07) is 19.9. The lowest BCUT2D eigenvalue weighted by atomic mass is 10.1. The Morgan fingerprint density at radius 1 is 0.969 bits per heavy atom. The van der Waals surface area contributed by atoms with E-state index in [0.29, 0.717) is 33.3 Å². The lowest BCUT2D eigenvalue weighted by Gasteiger charge is -2.12. The topological polar surface area (TPSA) is 80.6 Å². The van der Waals surface area contributed by atoms with Crippen LogP contribution in [0.4, 0.5) is 4.39 Å². The highest BCUT2D eigenvalue weighted by Crippen LogP contribution is 2.29. The van der Waals surface area contributed by atoms with E-state index in [-0.39, 0.29) is 16.7 Å². The number of para-hydroxylation sites is 2. The maximum atomic E-state index is 13.5. The molecule has 0 amide bonds. The largest absolute Gasteiger partial charge is 0.341 e. The molecule has 0 fully saturated rings. The fourth-order valence-corrected chi connectivity index (χ4v) is 4.98. The van der Waals surface area contributed by atoms with Crippen molar-refractivity contribution >= 4 is 32.5 Å². The van der Waals surface area contributed by atoms with Crippen molar-refractivity contribution in [3.63, 3.8) is 0 Å². The zero-order chi connectivity index (χ0) is 22.3. The number of nitrogens with one attached hydrogen (secondary N) is 1. The Morgan fingerprint density at radius 3 is 2.41 bits per heavy atom. The van der Waals surface area contributed by atoms with Crippen LogP contribution < -0.4 is 0 Å². The van der Waals surface area contributed by atoms with Gasteiger partial charge >= 0.3 is 0 Å². The van der Waals surface area contributed by atoms with Crippen LogP contribution >= 0.6 is 11.6 Å². The van der Waals surface area contributed by atoms with Gasteiger partial charge in [0.05, 0.1) is 22.9 Å². The molecule has 32 heavy (non-hydrogen) atoms. The normalized spacial score (nSPS) is 11.8. The van der Waals surface area contributed by atoms with Gasteiger partial charge in [-0.15, -0.1) is 0 Å². The summed E-state index contributed by atoms with van der Waals surface area (Å²) in [5.74, 6) is -0.418. The van der Waals surface area contributed by atoms with Crippen LogP contribution in [0, 0.1) is 5.82 Å². The first kappa shape index (κ1) is 20.4. The van der Waals surface area contributed by atoms with Gasteiger partial charge in [-0.3, -0.25) is 4.57 Å². The number of sulfone groups is 1. The lowest BCUT2D eigenvalue weighted by molar-refractivity contribution is 0.582. The molecule has 0 aliphatic carbocycles. The van der Waals surface area contributed by atoms with E-state index in [1.54, 1.807) is 36.4 Å². The minimum Gasteiger partial charge on any atom is -0.341 e. The second-order valence-corrected chi connectivity index (χ2v) is 9.52. The fraction of sp³-hybridized carbons (Fsp3) is 0.0435. The number of fused-ring (bicyclic) bond motifs is 1. The average Bonchev–Trinajstić information content (AvgIpc) is 3.39. The molecule has 0 radical (unpaired) electrons. The average molecular weight is 467 g/mol. The van der Waals surface area contributed by atoms with Gasteiger partial charge < -0.3 is 4.98 Å². The van der Waals surface area contributed by atoms with Crippen molar-refractivity contribution in [2.24, 2.45) is 0 Å². The summed E-state index contributed by atoms with van der Waals surface area (Å²) in [5.41, 5.74) is 3.14. The fourth-order valence-electron chi connectivity index (χ4n) is 3.54. The van der Waals surface area contributed by atoms with Gasteiger partial charge in [0.2, 0.25) is 15.0 Å². The summed E-state index contributed by atoms with van der Waals surface area (Å²) in [6.45, 7) is 0. The number of imidazole rings is 2. The number of halogens is 2. The highest BCUT2D eigenvalue weighted by atomic mass is 35.5. The molecule has 160 valence electrons. The molecule has 2 heterocycles. The molecule has 5 rings (SSSR count). The van der Waals surface area contributed by atoms with Crippen molar-refractivity contribution in [3.05, 3.63) is 95.7 Å². The van der Waals surface area contributed by atoms with Crippen LogP contribution in [0.1, 0.15) is 5.82 Å². The zero-order valence-corrected chi connectivity index (χ0v) is 18.1. The second-order valence-electron chi connectivity index (χ2n) is 7.20. The van der Waals surface area contributed by atoms with Gasteiger partial charge in [0.1, 0.15) is 17.4 Å². The van der Waals surface area contributed by atoms with Gasteiger partial charge in [0.25, 0.3) is 0 Å². The quantitative estimate of drug-likeness (QED) is 0.387. The van der Waals surface area contributed by atoms with E-state index in [1.165, 1.54) is 22.9 Å². The number of hydrogen-bond acceptors (Lipinski definition) is 4. The van der Waals surface area contributed by atoms with Crippen molar-refractivity contribution in [2.75, 3.05) is 0 Å². The Morgan fingerprint density at radius 2 is 1.69 bits per heavy atom. The van der Waals surface area contributed by atoms with Crippen LogP contribution in [0.2, 0.25) is 5.02 Å². The monoisotopic (exact) mass is 466 g/mol. The Kier molecular flexibility index (Phi) is 5.03. The minimum absolute atomic E-state index is 0.139. The van der Waals surface area contributed by atoms with Crippen molar-refractivity contribution in [2.45, 2.75) is 10.9 Å². The number of aromatic amines is 1. The molecule has 0 atom stereocenters. The Balaban J connectivity index is 1.63. The van der Waals surface area contributed by atoms with Gasteiger partial charge in [-0.1, -0.05) is 23.7 Å². The first-order valence-corrected chi connectivity index (χ1v) is 11.7. The second kappa shape index (κ2) is 7.89. The predicted molar refractivity (Wildman–Crippen MR) is 121 cm³/mol. The molecule has 0 aliphatic rings. The molecular weight excluding hydrogens is 451 g/mol. The SMILES string of the molecule is O=S(=O)(Cc1nc2ccccc2[nH]1)c1ncc(-c2ccc(F)cc2)n1-c1ccc(Cl)cc1. The number of rotatable bonds is 5. The predicted octanol–water partition coefficient (Wildman–Crippen LogP) is 5.18. The summed E-state index contributed by atoms with van der Waals surface area (Å²) in [6.07, 6.45) is 1.47. The minimum atomic E-state index is -3.89. The van der Waals surface area contributed by atoms with Crippen LogP contribution in [-0.2, 0) is 15.6 Å². The molecule has 6 nitrogen and oxygen atoms in total. The molecular formula is C23H16ClFN4O2S. The molecule has 9 heteroatoms. The van der Waals surface area contributed by atoms with Crippen molar-refractivity contribution in [1.82, 2.24) is 19.5 Å². The van der Waals surface area contributed by atoms with E-state index in [4.69, 9.17) is 11.6 Å². The standard InChI is InChI=1S/C23H16ClFN4O2S/c24-16-7-11-18(12-8-16)29-21(15-5-9-17(25)10-6-15)13-26-23(29)32(30,31)14-22-27-19-3-1-2-4-20(19)28-22/h1-13H,14H2,(H,27,28). The van der Waals surface area contributed by atoms with Crippen molar-refractivity contribution in [1.29, 1.82) is 0 Å². The van der Waals surface area contributed by atoms with Gasteiger partial charge in [-0.25, -0.2) is 22.8 Å². The maximum absolute atomic E-state index is 13.5. The molecule has 1 N–H and O–H groups in total. The molecule has 2 aromatic heterocycles. The van der Waals surface area contributed by atoms with E-state index < -0.39 is 9.84 Å². The summed E-state index contributed by atoms with van der Waals surface area (Å²) in [4.78, 5) is 11.7. The molecule has 0 spiro atoms. The third kappa shape index (κ3) is 3.79. The molecule has 0 saturated heterocycles. The van der Waals surface area contributed by atoms with E-state index in [1.807, 2.05) is 24.3 Å². The van der Waals surface area contributed by atoms with Crippen molar-refractivity contribution < 1.29 is 12.8 Å². The molecule has 0 saturated carbocycles. The number of nitrogens with zero attached hydrogens (tertiary/aromatic N) is 3. The first-order chi connectivity index (χ1) is 15.4. The first-order valence-electron chi connectivity index (χ1n) is 9.67. The Labute approximate surface area is 188 Å². The van der Waals surface area contributed by atoms with E-state index in [9.17, 15) is 12.8 Å². The summed E-state index contributed by atoms with van der Waals surface area (Å²) in [7, 11) is -3.89. The van der Waals surface area contributed by atoms with Crippen molar-refractivity contribution in [3.8, 4) is 16.9 Å².